The van der Waals surface area contributed by atoms with Gasteiger partial charge in [0.25, 0.3) is 0 Å². The van der Waals surface area contributed by atoms with Crippen LogP contribution in [-0.4, -0.2) is 26.1 Å². The Kier molecular flexibility index (Phi) is 3.76. The topological polar surface area (TPSA) is 47.3 Å². The lowest BCUT2D eigenvalue weighted by Gasteiger charge is -2.29. The predicted octanol–water partition coefficient (Wildman–Crippen LogP) is 2.92. The minimum Gasteiger partial charge on any atom is -0.388 e. The fourth-order valence-electron chi connectivity index (χ4n) is 3.21. The van der Waals surface area contributed by atoms with E-state index in [-0.39, 0.29) is 17.1 Å². The maximum absolute atomic E-state index is 10.6. The number of ether oxygens (including phenoxy) is 1. The first kappa shape index (κ1) is 14.5. The third-order valence-corrected chi connectivity index (χ3v) is 3.97. The second kappa shape index (κ2) is 4.91. The first-order valence-electron chi connectivity index (χ1n) is 7.16. The van der Waals surface area contributed by atoms with Crippen LogP contribution in [0.4, 0.5) is 0 Å². The molecule has 2 rings (SSSR count). The van der Waals surface area contributed by atoms with E-state index in [9.17, 15) is 5.11 Å². The van der Waals surface area contributed by atoms with Gasteiger partial charge in [0, 0.05) is 24.2 Å². The van der Waals surface area contributed by atoms with Crippen LogP contribution in [0.2, 0.25) is 0 Å². The standard InChI is InChI=1S/C15H26N2O2/c1-6-7-17-10-11(9-16-17)13(18)12-8-14(2,3)19-15(12,4)5/h9-10,12-13,18H,6-8H2,1-5H3. The largest absolute Gasteiger partial charge is 0.388 e. The number of nitrogens with zero attached hydrogens (tertiary/aromatic N) is 2. The Morgan fingerprint density at radius 1 is 1.47 bits per heavy atom. The molecule has 2 atom stereocenters. The average Bonchev–Trinajstić information content (AvgIpc) is 2.80. The molecule has 108 valence electrons. The molecule has 2 heterocycles. The number of rotatable bonds is 4. The minimum atomic E-state index is -0.512. The highest BCUT2D eigenvalue weighted by atomic mass is 16.5. The van der Waals surface area contributed by atoms with Gasteiger partial charge in [0.1, 0.15) is 0 Å². The smallest absolute Gasteiger partial charge is 0.0877 e. The molecule has 1 aromatic rings. The number of aliphatic hydroxyl groups is 1. The van der Waals surface area contributed by atoms with Crippen LogP contribution in [0.15, 0.2) is 12.4 Å². The summed E-state index contributed by atoms with van der Waals surface area (Å²) in [5, 5.41) is 14.9. The monoisotopic (exact) mass is 266 g/mol. The summed E-state index contributed by atoms with van der Waals surface area (Å²) in [4.78, 5) is 0. The molecule has 0 amide bonds. The van der Waals surface area contributed by atoms with E-state index in [0.29, 0.717) is 0 Å². The molecule has 19 heavy (non-hydrogen) atoms. The van der Waals surface area contributed by atoms with Crippen LogP contribution in [0.5, 0.6) is 0 Å². The molecular formula is C15H26N2O2. The van der Waals surface area contributed by atoms with Crippen LogP contribution in [0.1, 0.15) is 59.1 Å². The fraction of sp³-hybridized carbons (Fsp3) is 0.800. The summed E-state index contributed by atoms with van der Waals surface area (Å²) in [5.41, 5.74) is 0.414. The Hall–Kier alpha value is -0.870. The van der Waals surface area contributed by atoms with E-state index in [2.05, 4.69) is 39.7 Å². The van der Waals surface area contributed by atoms with E-state index in [1.165, 1.54) is 0 Å². The average molecular weight is 266 g/mol. The molecular weight excluding hydrogens is 240 g/mol. The molecule has 0 aliphatic carbocycles. The van der Waals surface area contributed by atoms with Gasteiger partial charge < -0.3 is 9.84 Å². The first-order valence-corrected chi connectivity index (χ1v) is 7.16. The van der Waals surface area contributed by atoms with Gasteiger partial charge in [-0.25, -0.2) is 0 Å². The van der Waals surface area contributed by atoms with Crippen LogP contribution in [0.25, 0.3) is 0 Å². The van der Waals surface area contributed by atoms with Gasteiger partial charge >= 0.3 is 0 Å². The van der Waals surface area contributed by atoms with Gasteiger partial charge in [-0.15, -0.1) is 0 Å². The summed E-state index contributed by atoms with van der Waals surface area (Å²) < 4.78 is 7.95. The van der Waals surface area contributed by atoms with Crippen LogP contribution >= 0.6 is 0 Å². The van der Waals surface area contributed by atoms with Gasteiger partial charge in [0.2, 0.25) is 0 Å². The molecule has 1 N–H and O–H groups in total. The van der Waals surface area contributed by atoms with Gasteiger partial charge in [0.05, 0.1) is 23.5 Å². The molecule has 0 radical (unpaired) electrons. The zero-order chi connectivity index (χ0) is 14.3. The molecule has 1 fully saturated rings. The molecule has 2 unspecified atom stereocenters. The maximum atomic E-state index is 10.6. The van der Waals surface area contributed by atoms with Crippen molar-refractivity contribution in [2.24, 2.45) is 5.92 Å². The molecule has 1 aliphatic rings. The van der Waals surface area contributed by atoms with Crippen LogP contribution < -0.4 is 0 Å². The Labute approximate surface area is 115 Å². The van der Waals surface area contributed by atoms with Gasteiger partial charge in [-0.2, -0.15) is 5.10 Å². The number of hydrogen-bond acceptors (Lipinski definition) is 3. The van der Waals surface area contributed by atoms with Crippen LogP contribution in [0, 0.1) is 5.92 Å². The lowest BCUT2D eigenvalue weighted by molar-refractivity contribution is -0.0880. The third-order valence-electron chi connectivity index (χ3n) is 3.97. The Morgan fingerprint density at radius 2 is 2.16 bits per heavy atom. The van der Waals surface area contributed by atoms with E-state index in [1.54, 1.807) is 6.20 Å². The number of hydrogen-bond donors (Lipinski definition) is 1. The SMILES string of the molecule is CCCn1cc(C(O)C2CC(C)(C)OC2(C)C)cn1. The summed E-state index contributed by atoms with van der Waals surface area (Å²) in [5.74, 6) is 0.0989. The second-order valence-electron chi connectivity index (χ2n) is 6.76. The molecule has 0 spiro atoms. The van der Waals surface area contributed by atoms with E-state index in [0.717, 1.165) is 24.9 Å². The Balaban J connectivity index is 2.16. The highest BCUT2D eigenvalue weighted by Gasteiger charge is 2.49. The summed E-state index contributed by atoms with van der Waals surface area (Å²) in [6.45, 7) is 11.3. The molecule has 0 aromatic carbocycles. The number of aromatic nitrogens is 2. The number of aliphatic hydroxyl groups excluding tert-OH is 1. The first-order chi connectivity index (χ1) is 8.75. The molecule has 1 saturated heterocycles. The molecule has 0 saturated carbocycles. The van der Waals surface area contributed by atoms with Crippen molar-refractivity contribution in [3.8, 4) is 0 Å². The van der Waals surface area contributed by atoms with Crippen molar-refractivity contribution in [2.75, 3.05) is 0 Å². The Morgan fingerprint density at radius 3 is 2.68 bits per heavy atom. The molecule has 0 bridgehead atoms. The normalized spacial score (nSPS) is 26.5. The van der Waals surface area contributed by atoms with Gasteiger partial charge in [-0.05, 0) is 40.5 Å². The van der Waals surface area contributed by atoms with Crippen molar-refractivity contribution < 1.29 is 9.84 Å². The van der Waals surface area contributed by atoms with E-state index in [4.69, 9.17) is 4.74 Å². The minimum absolute atomic E-state index is 0.0989. The summed E-state index contributed by atoms with van der Waals surface area (Å²) in [7, 11) is 0. The molecule has 4 heteroatoms. The highest BCUT2D eigenvalue weighted by Crippen LogP contribution is 2.47. The quantitative estimate of drug-likeness (QED) is 0.911. The lowest BCUT2D eigenvalue weighted by Crippen LogP contribution is -2.32. The molecule has 1 aliphatic heterocycles. The zero-order valence-corrected chi connectivity index (χ0v) is 12.7. The van der Waals surface area contributed by atoms with Crippen molar-refractivity contribution in [3.63, 3.8) is 0 Å². The predicted molar refractivity (Wildman–Crippen MR) is 74.8 cm³/mol. The fourth-order valence-corrected chi connectivity index (χ4v) is 3.21. The van der Waals surface area contributed by atoms with Crippen LogP contribution in [-0.2, 0) is 11.3 Å². The van der Waals surface area contributed by atoms with Crippen LogP contribution in [0.3, 0.4) is 0 Å². The van der Waals surface area contributed by atoms with Crippen molar-refractivity contribution in [2.45, 2.75) is 71.3 Å². The van der Waals surface area contributed by atoms with Gasteiger partial charge in [-0.1, -0.05) is 6.92 Å². The summed E-state index contributed by atoms with van der Waals surface area (Å²) >= 11 is 0. The van der Waals surface area contributed by atoms with Gasteiger partial charge in [0.15, 0.2) is 0 Å². The van der Waals surface area contributed by atoms with E-state index in [1.807, 2.05) is 10.9 Å². The van der Waals surface area contributed by atoms with E-state index >= 15 is 0 Å². The highest BCUT2D eigenvalue weighted by molar-refractivity contribution is 5.13. The van der Waals surface area contributed by atoms with E-state index < -0.39 is 6.10 Å². The second-order valence-corrected chi connectivity index (χ2v) is 6.76. The molecule has 1 aromatic heterocycles. The van der Waals surface area contributed by atoms with Crippen molar-refractivity contribution in [1.82, 2.24) is 9.78 Å². The van der Waals surface area contributed by atoms with Crippen molar-refractivity contribution in [3.05, 3.63) is 18.0 Å². The summed E-state index contributed by atoms with van der Waals surface area (Å²) in [6.07, 6.45) is 5.13. The summed E-state index contributed by atoms with van der Waals surface area (Å²) in [6, 6.07) is 0. The Bertz CT molecular complexity index is 437. The molecule has 4 nitrogen and oxygen atoms in total. The lowest BCUT2D eigenvalue weighted by atomic mass is 9.81. The maximum Gasteiger partial charge on any atom is 0.0877 e. The number of aryl methyl sites for hydroxylation is 1. The van der Waals surface area contributed by atoms with Crippen molar-refractivity contribution in [1.29, 1.82) is 0 Å². The van der Waals surface area contributed by atoms with Gasteiger partial charge in [-0.3, -0.25) is 4.68 Å². The zero-order valence-electron chi connectivity index (χ0n) is 12.7. The third kappa shape index (κ3) is 3.00. The van der Waals surface area contributed by atoms with Crippen molar-refractivity contribution >= 4 is 0 Å².